The monoisotopic (exact) mass is 411 g/mol. The molecule has 0 saturated carbocycles. The van der Waals surface area contributed by atoms with Gasteiger partial charge in [0.05, 0.1) is 31.0 Å². The molecule has 29 heavy (non-hydrogen) atoms. The zero-order valence-electron chi connectivity index (χ0n) is 18.1. The predicted octanol–water partition coefficient (Wildman–Crippen LogP) is 1.51. The minimum Gasteiger partial charge on any atom is -0.392 e. The number of rotatable bonds is 9. The Hall–Kier alpha value is -1.25. The molecule has 2 fully saturated rings. The summed E-state index contributed by atoms with van der Waals surface area (Å²) in [5.74, 6) is -1.90. The molecule has 2 heterocycles. The average molecular weight is 412 g/mol. The first-order valence-electron chi connectivity index (χ1n) is 10.5. The summed E-state index contributed by atoms with van der Waals surface area (Å²) >= 11 is 0. The maximum Gasteiger partial charge on any atom is 0.246 e. The topological polar surface area (TPSA) is 122 Å². The van der Waals surface area contributed by atoms with Gasteiger partial charge in [-0.2, -0.15) is 0 Å². The van der Waals surface area contributed by atoms with E-state index < -0.39 is 30.5 Å². The van der Waals surface area contributed by atoms with Crippen LogP contribution in [0.4, 0.5) is 0 Å². The maximum absolute atomic E-state index is 11.1. The van der Waals surface area contributed by atoms with E-state index in [1.54, 1.807) is 12.2 Å². The second-order valence-electron chi connectivity index (χ2n) is 8.93. The highest BCUT2D eigenvalue weighted by Gasteiger charge is 2.51. The molecule has 2 rings (SSSR count). The third-order valence-corrected chi connectivity index (χ3v) is 6.65. The summed E-state index contributed by atoms with van der Waals surface area (Å²) in [5, 5.41) is 30.8. The largest absolute Gasteiger partial charge is 0.392 e. The molecule has 4 unspecified atom stereocenters. The molecule has 0 aromatic heterocycles. The molecule has 2 aliphatic heterocycles. The number of carbonyl (C=O) groups is 1. The van der Waals surface area contributed by atoms with Crippen LogP contribution < -0.4 is 5.73 Å². The first-order chi connectivity index (χ1) is 13.5. The van der Waals surface area contributed by atoms with Gasteiger partial charge in [-0.05, 0) is 13.3 Å². The third-order valence-electron chi connectivity index (χ3n) is 6.65. The van der Waals surface area contributed by atoms with Crippen molar-refractivity contribution in [1.29, 1.82) is 0 Å². The molecule has 9 atom stereocenters. The molecular formula is C22H37NO6. The molecule has 0 aromatic carbocycles. The van der Waals surface area contributed by atoms with Gasteiger partial charge in [0, 0.05) is 35.7 Å². The Morgan fingerprint density at radius 2 is 1.90 bits per heavy atom. The fourth-order valence-corrected chi connectivity index (χ4v) is 4.52. The van der Waals surface area contributed by atoms with E-state index in [4.69, 9.17) is 20.3 Å². The lowest BCUT2D eigenvalue weighted by Crippen LogP contribution is -2.52. The molecule has 0 aliphatic carbocycles. The number of fused-ring (bicyclic) bond motifs is 2. The van der Waals surface area contributed by atoms with Gasteiger partial charge >= 0.3 is 0 Å². The van der Waals surface area contributed by atoms with Crippen molar-refractivity contribution in [3.8, 4) is 0 Å². The van der Waals surface area contributed by atoms with E-state index in [-0.39, 0.29) is 41.5 Å². The number of allylic oxidation sites excluding steroid dienone is 2. The summed E-state index contributed by atoms with van der Waals surface area (Å²) in [4.78, 5) is 11.1. The van der Waals surface area contributed by atoms with Crippen LogP contribution in [0.15, 0.2) is 23.8 Å². The first kappa shape index (κ1) is 24.0. The van der Waals surface area contributed by atoms with Crippen LogP contribution in [0.1, 0.15) is 47.5 Å². The lowest BCUT2D eigenvalue weighted by Gasteiger charge is -2.45. The number of hydrogen-bond acceptors (Lipinski definition) is 6. The van der Waals surface area contributed by atoms with Crippen molar-refractivity contribution >= 4 is 5.91 Å². The standard InChI is InChI=1S/C22H37NO6/c1-12(7-6-8-16(11-24)21(23)27)18(25)14(3)19(26)15(4)20-13(2)17-9-10-22(5,28-17)29-20/h6-8,12-15,17-20,24-26H,9-11H2,1-5H3,(H2,23,27)/b7-6+,16-8-/t12-,13?,14+,15+,17?,18-,19+,20?,22?/m0/s1. The van der Waals surface area contributed by atoms with E-state index in [0.717, 1.165) is 12.8 Å². The number of ether oxygens (including phenoxy) is 2. The summed E-state index contributed by atoms with van der Waals surface area (Å²) in [7, 11) is 0. The van der Waals surface area contributed by atoms with E-state index in [1.165, 1.54) is 6.08 Å². The Balaban J connectivity index is 2.00. The smallest absolute Gasteiger partial charge is 0.246 e. The summed E-state index contributed by atoms with van der Waals surface area (Å²) in [6, 6.07) is 0. The van der Waals surface area contributed by atoms with Crippen molar-refractivity contribution in [3.63, 3.8) is 0 Å². The zero-order chi connectivity index (χ0) is 21.9. The number of primary amides is 1. The minimum atomic E-state index is -0.786. The van der Waals surface area contributed by atoms with Gasteiger partial charge in [-0.1, -0.05) is 45.9 Å². The van der Waals surface area contributed by atoms with Crippen LogP contribution >= 0.6 is 0 Å². The van der Waals surface area contributed by atoms with Gasteiger partial charge in [0.15, 0.2) is 5.79 Å². The summed E-state index contributed by atoms with van der Waals surface area (Å²) in [5.41, 5.74) is 5.25. The molecule has 1 amide bonds. The molecule has 7 heteroatoms. The van der Waals surface area contributed by atoms with Crippen molar-refractivity contribution < 1.29 is 29.6 Å². The SMILES string of the molecule is CC1C2CCC(C)(O2)OC1[C@H](C)[C@H](O)[C@H](C)[C@@H](O)[C@@H](C)/C=C/C=C(/CO)C(N)=O. The average Bonchev–Trinajstić information content (AvgIpc) is 3.02. The Kier molecular flexibility index (Phi) is 8.04. The van der Waals surface area contributed by atoms with Gasteiger partial charge in [0.25, 0.3) is 0 Å². The van der Waals surface area contributed by atoms with Gasteiger partial charge in [0.2, 0.25) is 5.91 Å². The number of nitrogens with two attached hydrogens (primary N) is 1. The molecule has 2 bridgehead atoms. The van der Waals surface area contributed by atoms with Crippen molar-refractivity contribution in [2.75, 3.05) is 6.61 Å². The Bertz CT molecular complexity index is 635. The van der Waals surface area contributed by atoms with Gasteiger partial charge in [0.1, 0.15) is 0 Å². The van der Waals surface area contributed by atoms with Crippen LogP contribution in [0.25, 0.3) is 0 Å². The normalized spacial score (nSPS) is 35.3. The van der Waals surface area contributed by atoms with Crippen LogP contribution in [0.3, 0.4) is 0 Å². The molecular weight excluding hydrogens is 374 g/mol. The number of carbonyl (C=O) groups excluding carboxylic acids is 1. The Morgan fingerprint density at radius 1 is 1.24 bits per heavy atom. The van der Waals surface area contributed by atoms with Gasteiger partial charge in [-0.3, -0.25) is 4.79 Å². The molecule has 166 valence electrons. The van der Waals surface area contributed by atoms with E-state index in [1.807, 2.05) is 27.7 Å². The first-order valence-corrected chi connectivity index (χ1v) is 10.5. The highest BCUT2D eigenvalue weighted by molar-refractivity contribution is 5.92. The molecule has 0 aromatic rings. The van der Waals surface area contributed by atoms with Gasteiger partial charge in [-0.25, -0.2) is 0 Å². The highest BCUT2D eigenvalue weighted by Crippen LogP contribution is 2.45. The van der Waals surface area contributed by atoms with Gasteiger partial charge < -0.3 is 30.5 Å². The Labute approximate surface area is 173 Å². The zero-order valence-corrected chi connectivity index (χ0v) is 18.1. The number of aliphatic hydroxyl groups is 3. The van der Waals surface area contributed by atoms with Gasteiger partial charge in [-0.15, -0.1) is 0 Å². The molecule has 7 nitrogen and oxygen atoms in total. The second-order valence-corrected chi connectivity index (χ2v) is 8.93. The van der Waals surface area contributed by atoms with E-state index >= 15 is 0 Å². The maximum atomic E-state index is 11.1. The van der Waals surface area contributed by atoms with Crippen LogP contribution in [0, 0.1) is 23.7 Å². The quantitative estimate of drug-likeness (QED) is 0.337. The third kappa shape index (κ3) is 5.47. The number of aliphatic hydroxyl groups excluding tert-OH is 3. The fourth-order valence-electron chi connectivity index (χ4n) is 4.52. The lowest BCUT2D eigenvalue weighted by molar-refractivity contribution is -0.309. The van der Waals surface area contributed by atoms with E-state index in [0.29, 0.717) is 0 Å². The van der Waals surface area contributed by atoms with Crippen LogP contribution in [0.2, 0.25) is 0 Å². The second kappa shape index (κ2) is 9.71. The van der Waals surface area contributed by atoms with Crippen molar-refractivity contribution in [2.45, 2.75) is 77.7 Å². The molecule has 2 aliphatic rings. The van der Waals surface area contributed by atoms with Crippen molar-refractivity contribution in [2.24, 2.45) is 29.4 Å². The molecule has 5 N–H and O–H groups in total. The minimum absolute atomic E-state index is 0.0958. The van der Waals surface area contributed by atoms with Crippen molar-refractivity contribution in [3.05, 3.63) is 23.8 Å². The Morgan fingerprint density at radius 3 is 2.48 bits per heavy atom. The summed E-state index contributed by atoms with van der Waals surface area (Å²) in [6.45, 7) is 9.24. The fraction of sp³-hybridized carbons (Fsp3) is 0.773. The lowest BCUT2D eigenvalue weighted by atomic mass is 9.78. The highest BCUT2D eigenvalue weighted by atomic mass is 16.7. The van der Waals surface area contributed by atoms with E-state index in [2.05, 4.69) is 6.92 Å². The van der Waals surface area contributed by atoms with Crippen LogP contribution in [-0.4, -0.2) is 58.0 Å². The number of amides is 1. The van der Waals surface area contributed by atoms with Crippen LogP contribution in [0.5, 0.6) is 0 Å². The van der Waals surface area contributed by atoms with Crippen LogP contribution in [-0.2, 0) is 14.3 Å². The summed E-state index contributed by atoms with van der Waals surface area (Å²) in [6.07, 6.45) is 5.05. The molecule has 2 saturated heterocycles. The predicted molar refractivity (Wildman–Crippen MR) is 110 cm³/mol. The number of hydrogen-bond donors (Lipinski definition) is 4. The van der Waals surface area contributed by atoms with E-state index in [9.17, 15) is 15.0 Å². The van der Waals surface area contributed by atoms with Crippen molar-refractivity contribution in [1.82, 2.24) is 0 Å². The molecule has 0 spiro atoms. The molecule has 0 radical (unpaired) electrons. The summed E-state index contributed by atoms with van der Waals surface area (Å²) < 4.78 is 12.2.